The second-order valence-electron chi connectivity index (χ2n) is 10.7. The van der Waals surface area contributed by atoms with Gasteiger partial charge in [-0.2, -0.15) is 18.2 Å². The molecule has 3 heterocycles. The first-order valence-electron chi connectivity index (χ1n) is 14.4. The van der Waals surface area contributed by atoms with Crippen LogP contribution in [0.5, 0.6) is 5.75 Å². The molecule has 238 valence electrons. The summed E-state index contributed by atoms with van der Waals surface area (Å²) in [6, 6.07) is 8.84. The number of aromatic nitrogens is 2. The van der Waals surface area contributed by atoms with Gasteiger partial charge < -0.3 is 30.5 Å². The van der Waals surface area contributed by atoms with E-state index in [2.05, 4.69) is 37.4 Å². The van der Waals surface area contributed by atoms with E-state index in [-0.39, 0.29) is 35.4 Å². The van der Waals surface area contributed by atoms with Crippen LogP contribution in [0.4, 0.5) is 40.7 Å². The minimum absolute atomic E-state index is 0.0983. The molecule has 3 aromatic rings. The molecule has 2 aliphatic heterocycles. The number of benzene rings is 2. The highest BCUT2D eigenvalue weighted by molar-refractivity contribution is 6.04. The molecular formula is C31H33F4N7O3. The normalized spacial score (nSPS) is 16.0. The number of methoxy groups -OCH3 is 1. The number of hydrogen-bond acceptors (Lipinski definition) is 8. The van der Waals surface area contributed by atoms with Crippen molar-refractivity contribution in [2.45, 2.75) is 32.0 Å². The van der Waals surface area contributed by atoms with Gasteiger partial charge in [0.1, 0.15) is 23.8 Å². The topological polar surface area (TPSA) is 112 Å². The summed E-state index contributed by atoms with van der Waals surface area (Å²) in [7, 11) is 1.39. The molecule has 2 amide bonds. The van der Waals surface area contributed by atoms with Crippen molar-refractivity contribution < 1.29 is 31.9 Å². The Balaban J connectivity index is 1.38. The van der Waals surface area contributed by atoms with Crippen molar-refractivity contribution in [3.05, 3.63) is 77.1 Å². The minimum Gasteiger partial charge on any atom is -0.495 e. The summed E-state index contributed by atoms with van der Waals surface area (Å²) in [6.07, 6.45) is -2.01. The number of nitrogens with one attached hydrogen (secondary N) is 3. The van der Waals surface area contributed by atoms with Gasteiger partial charge in [0.05, 0.1) is 36.6 Å². The fraction of sp³-hybridized carbons (Fsp3) is 0.355. The summed E-state index contributed by atoms with van der Waals surface area (Å²) >= 11 is 0. The summed E-state index contributed by atoms with van der Waals surface area (Å²) in [5, 5.41) is 8.36. The number of halogens is 4. The van der Waals surface area contributed by atoms with Crippen LogP contribution < -0.4 is 20.7 Å². The fourth-order valence-corrected chi connectivity index (χ4v) is 5.49. The van der Waals surface area contributed by atoms with E-state index >= 15 is 0 Å². The Morgan fingerprint density at radius 2 is 1.89 bits per heavy atom. The molecule has 0 saturated carbocycles. The van der Waals surface area contributed by atoms with Crippen LogP contribution >= 0.6 is 0 Å². The molecule has 45 heavy (non-hydrogen) atoms. The van der Waals surface area contributed by atoms with E-state index in [0.29, 0.717) is 29.6 Å². The largest absolute Gasteiger partial charge is 0.495 e. The highest BCUT2D eigenvalue weighted by atomic mass is 19.4. The molecule has 1 fully saturated rings. The van der Waals surface area contributed by atoms with E-state index in [1.807, 2.05) is 0 Å². The number of carbonyl (C=O) groups excluding carboxylic acids is 2. The van der Waals surface area contributed by atoms with Crippen LogP contribution in [0.3, 0.4) is 0 Å². The van der Waals surface area contributed by atoms with Gasteiger partial charge in [0.15, 0.2) is 0 Å². The van der Waals surface area contributed by atoms with Gasteiger partial charge in [-0.15, -0.1) is 0 Å². The number of fused-ring (bicyclic) bond motifs is 1. The smallest absolute Gasteiger partial charge is 0.421 e. The lowest BCUT2D eigenvalue weighted by Crippen LogP contribution is -2.31. The van der Waals surface area contributed by atoms with Gasteiger partial charge in [0.2, 0.25) is 5.95 Å². The zero-order valence-electron chi connectivity index (χ0n) is 24.8. The number of nitrogens with zero attached hydrogens (tertiary/aromatic N) is 4. The first-order valence-corrected chi connectivity index (χ1v) is 14.4. The lowest BCUT2D eigenvalue weighted by Gasteiger charge is -2.20. The molecule has 0 radical (unpaired) electrons. The maximum Gasteiger partial charge on any atom is 0.421 e. The molecule has 1 saturated heterocycles. The van der Waals surface area contributed by atoms with Gasteiger partial charge in [-0.05, 0) is 49.6 Å². The van der Waals surface area contributed by atoms with Gasteiger partial charge in [-0.1, -0.05) is 18.7 Å². The molecular weight excluding hydrogens is 594 g/mol. The van der Waals surface area contributed by atoms with Crippen molar-refractivity contribution >= 4 is 35.0 Å². The molecule has 1 unspecified atom stereocenters. The molecule has 0 bridgehead atoms. The maximum atomic E-state index is 14.0. The predicted octanol–water partition coefficient (Wildman–Crippen LogP) is 5.82. The molecule has 10 nitrogen and oxygen atoms in total. The number of rotatable bonds is 11. The summed E-state index contributed by atoms with van der Waals surface area (Å²) in [5.74, 6) is -1.40. The molecule has 1 aromatic heterocycles. The summed E-state index contributed by atoms with van der Waals surface area (Å²) in [5.41, 5.74) is 1.09. The number of hydrogen-bond donors (Lipinski definition) is 3. The first-order chi connectivity index (χ1) is 21.5. The maximum absolute atomic E-state index is 14.0. The van der Waals surface area contributed by atoms with Crippen LogP contribution in [0.2, 0.25) is 0 Å². The third kappa shape index (κ3) is 6.64. The fourth-order valence-electron chi connectivity index (χ4n) is 5.49. The van der Waals surface area contributed by atoms with E-state index in [0.717, 1.165) is 31.6 Å². The second kappa shape index (κ2) is 13.0. The van der Waals surface area contributed by atoms with E-state index in [9.17, 15) is 27.2 Å². The standard InChI is InChI=1S/C31H33F4N7O3/c1-18(41-12-4-5-13-41)16-36-28(43)20-9-10-23(25(15-20)45-3)39-30-37-17-22(31(33,34)35)27(40-30)38-24-8-6-7-21-19(2)42(14-11-32)29(44)26(21)24/h6-10,15,17,19H,1,4-5,11-14,16H2,2-3H3,(H,36,43)(H2,37,38,39,40). The quantitative estimate of drug-likeness (QED) is 0.228. The first kappa shape index (κ1) is 31.5. The molecule has 2 aliphatic rings. The average molecular weight is 628 g/mol. The van der Waals surface area contributed by atoms with Crippen LogP contribution in [-0.4, -0.2) is 71.5 Å². The number of ether oxygens (including phenoxy) is 1. The molecule has 0 spiro atoms. The van der Waals surface area contributed by atoms with Crippen LogP contribution in [-0.2, 0) is 6.18 Å². The summed E-state index contributed by atoms with van der Waals surface area (Å²) < 4.78 is 60.5. The SMILES string of the molecule is C=C(CNC(=O)c1ccc(Nc2ncc(C(F)(F)F)c(Nc3cccc4c3C(=O)N(CCF)C4C)n2)c(OC)c1)N1CCCC1. The van der Waals surface area contributed by atoms with Crippen molar-refractivity contribution in [2.24, 2.45) is 0 Å². The average Bonchev–Trinajstić information content (AvgIpc) is 3.64. The van der Waals surface area contributed by atoms with Crippen LogP contribution in [0.25, 0.3) is 0 Å². The van der Waals surface area contributed by atoms with Crippen molar-refractivity contribution in [1.29, 1.82) is 0 Å². The number of amides is 2. The lowest BCUT2D eigenvalue weighted by molar-refractivity contribution is -0.137. The number of anilines is 4. The Kier molecular flexibility index (Phi) is 9.11. The molecule has 1 atom stereocenters. The van der Waals surface area contributed by atoms with Gasteiger partial charge >= 0.3 is 6.18 Å². The zero-order chi connectivity index (χ0) is 32.3. The summed E-state index contributed by atoms with van der Waals surface area (Å²) in [4.78, 5) is 37.3. The van der Waals surface area contributed by atoms with Crippen molar-refractivity contribution in [2.75, 3.05) is 50.6 Å². The third-order valence-corrected chi connectivity index (χ3v) is 7.88. The Labute approximate surface area is 257 Å². The number of alkyl halides is 4. The monoisotopic (exact) mass is 627 g/mol. The molecule has 5 rings (SSSR count). The molecule has 14 heteroatoms. The minimum atomic E-state index is -4.82. The second-order valence-corrected chi connectivity index (χ2v) is 10.7. The van der Waals surface area contributed by atoms with Crippen molar-refractivity contribution in [3.63, 3.8) is 0 Å². The van der Waals surface area contributed by atoms with E-state index in [1.165, 1.54) is 36.3 Å². The number of carbonyl (C=O) groups is 2. The Bertz CT molecular complexity index is 1610. The van der Waals surface area contributed by atoms with Crippen LogP contribution in [0.15, 0.2) is 54.9 Å². The molecule has 3 N–H and O–H groups in total. The van der Waals surface area contributed by atoms with Gasteiger partial charge in [-0.3, -0.25) is 9.59 Å². The highest BCUT2D eigenvalue weighted by Crippen LogP contribution is 2.40. The third-order valence-electron chi connectivity index (χ3n) is 7.88. The van der Waals surface area contributed by atoms with Gasteiger partial charge in [0.25, 0.3) is 11.8 Å². The van der Waals surface area contributed by atoms with Crippen LogP contribution in [0.1, 0.15) is 57.7 Å². The summed E-state index contributed by atoms with van der Waals surface area (Å²) in [6.45, 7) is 6.99. The van der Waals surface area contributed by atoms with Gasteiger partial charge in [-0.25, -0.2) is 9.37 Å². The Morgan fingerprint density at radius 3 is 2.58 bits per heavy atom. The lowest BCUT2D eigenvalue weighted by atomic mass is 10.0. The predicted molar refractivity (Wildman–Crippen MR) is 161 cm³/mol. The highest BCUT2D eigenvalue weighted by Gasteiger charge is 2.38. The Morgan fingerprint density at radius 1 is 1.13 bits per heavy atom. The van der Waals surface area contributed by atoms with E-state index in [1.54, 1.807) is 19.1 Å². The van der Waals surface area contributed by atoms with E-state index < -0.39 is 36.2 Å². The van der Waals surface area contributed by atoms with Gasteiger partial charge in [0, 0.05) is 37.1 Å². The van der Waals surface area contributed by atoms with E-state index in [4.69, 9.17) is 4.74 Å². The molecule has 2 aromatic carbocycles. The van der Waals surface area contributed by atoms with Crippen molar-refractivity contribution in [1.82, 2.24) is 25.1 Å². The van der Waals surface area contributed by atoms with Crippen LogP contribution in [0, 0.1) is 0 Å². The Hall–Kier alpha value is -4.88. The number of likely N-dealkylation sites (tertiary alicyclic amines) is 1. The molecule has 0 aliphatic carbocycles. The zero-order valence-corrected chi connectivity index (χ0v) is 24.8. The van der Waals surface area contributed by atoms with Crippen molar-refractivity contribution in [3.8, 4) is 5.75 Å².